The van der Waals surface area contributed by atoms with Gasteiger partial charge in [-0.3, -0.25) is 9.59 Å². The van der Waals surface area contributed by atoms with Crippen LogP contribution in [0, 0.1) is 0 Å². The molecule has 2 N–H and O–H groups in total. The summed E-state index contributed by atoms with van der Waals surface area (Å²) < 4.78 is 5.55. The van der Waals surface area contributed by atoms with Crippen molar-refractivity contribution in [1.29, 1.82) is 0 Å². The minimum absolute atomic E-state index is 0.221. The van der Waals surface area contributed by atoms with E-state index in [4.69, 9.17) is 9.72 Å². The third kappa shape index (κ3) is 4.74. The molecule has 2 amide bonds. The maximum Gasteiger partial charge on any atom is 0.394 e. The van der Waals surface area contributed by atoms with Crippen LogP contribution in [-0.4, -0.2) is 72.2 Å². The number of fused-ring (bicyclic) bond motifs is 3. The monoisotopic (exact) mass is 488 g/mol. The topological polar surface area (TPSA) is 112 Å². The van der Waals surface area contributed by atoms with Crippen molar-refractivity contribution in [3.63, 3.8) is 0 Å². The number of rotatable bonds is 5. The van der Waals surface area contributed by atoms with Crippen LogP contribution in [0.5, 0.6) is 0 Å². The van der Waals surface area contributed by atoms with Gasteiger partial charge in [-0.1, -0.05) is 12.8 Å². The second-order valence-electron chi connectivity index (χ2n) is 8.63. The Bertz CT molecular complexity index is 1090. The quantitative estimate of drug-likeness (QED) is 0.621. The van der Waals surface area contributed by atoms with Crippen molar-refractivity contribution in [2.75, 3.05) is 49.6 Å². The van der Waals surface area contributed by atoms with Gasteiger partial charge in [0.05, 0.1) is 18.9 Å². The fourth-order valence-corrected chi connectivity index (χ4v) is 5.98. The van der Waals surface area contributed by atoms with Gasteiger partial charge in [0.1, 0.15) is 15.5 Å². The highest BCUT2D eigenvalue weighted by Gasteiger charge is 2.30. The molecule has 34 heavy (non-hydrogen) atoms. The molecule has 2 aliphatic rings. The first-order valence-corrected chi connectivity index (χ1v) is 12.9. The standard InChI is InChI=1S/C24H32N4O5S/c1-3-27(4-2)23(30)19-18(25-21(29)24(31)32)17-15-9-7-5-6-8-10-16(15)20(26-22(17)34-19)28-11-13-33-14-12-28/h3-14H2,1-2H3,(H,25,29)(H,31,32). The molecule has 3 heterocycles. The number of carbonyl (C=O) groups is 3. The highest BCUT2D eigenvalue weighted by Crippen LogP contribution is 2.43. The van der Waals surface area contributed by atoms with E-state index in [1.54, 1.807) is 4.90 Å². The molecule has 0 spiro atoms. The third-order valence-electron chi connectivity index (χ3n) is 6.62. The Morgan fingerprint density at radius 2 is 1.71 bits per heavy atom. The molecule has 1 aliphatic carbocycles. The van der Waals surface area contributed by atoms with Gasteiger partial charge in [0, 0.05) is 31.6 Å². The Kier molecular flexibility index (Phi) is 7.67. The van der Waals surface area contributed by atoms with E-state index in [1.807, 2.05) is 13.8 Å². The molecule has 10 heteroatoms. The number of carboxylic acid groups (broad SMARTS) is 1. The van der Waals surface area contributed by atoms with Crippen LogP contribution in [-0.2, 0) is 27.2 Å². The number of aryl methyl sites for hydroxylation is 1. The summed E-state index contributed by atoms with van der Waals surface area (Å²) in [6, 6.07) is 0. The summed E-state index contributed by atoms with van der Waals surface area (Å²) in [5, 5.41) is 12.6. The van der Waals surface area contributed by atoms with Crippen LogP contribution in [0.1, 0.15) is 60.3 Å². The predicted molar refractivity (Wildman–Crippen MR) is 132 cm³/mol. The van der Waals surface area contributed by atoms with E-state index in [-0.39, 0.29) is 5.91 Å². The molecule has 0 radical (unpaired) electrons. The van der Waals surface area contributed by atoms with Crippen LogP contribution < -0.4 is 10.2 Å². The SMILES string of the molecule is CCN(CC)C(=O)c1sc2nc(N3CCOCC3)c3c(c2c1NC(=O)C(=O)O)CCCCCC3. The van der Waals surface area contributed by atoms with Crippen LogP contribution in [0.4, 0.5) is 11.5 Å². The number of nitrogens with zero attached hydrogens (tertiary/aromatic N) is 3. The lowest BCUT2D eigenvalue weighted by Gasteiger charge is -2.31. The fraction of sp³-hybridized carbons (Fsp3) is 0.583. The van der Waals surface area contributed by atoms with Gasteiger partial charge in [-0.05, 0) is 50.7 Å². The Hall–Kier alpha value is -2.72. The molecule has 1 saturated heterocycles. The van der Waals surface area contributed by atoms with Crippen molar-refractivity contribution in [2.45, 2.75) is 52.4 Å². The summed E-state index contributed by atoms with van der Waals surface area (Å²) in [6.45, 7) is 7.62. The third-order valence-corrected chi connectivity index (χ3v) is 7.70. The van der Waals surface area contributed by atoms with Gasteiger partial charge < -0.3 is 25.0 Å². The summed E-state index contributed by atoms with van der Waals surface area (Å²) >= 11 is 1.24. The van der Waals surface area contributed by atoms with Gasteiger partial charge in [-0.15, -0.1) is 11.3 Å². The summed E-state index contributed by atoms with van der Waals surface area (Å²) in [5.74, 6) is -2.01. The van der Waals surface area contributed by atoms with Gasteiger partial charge in [-0.25, -0.2) is 9.78 Å². The maximum absolute atomic E-state index is 13.4. The molecule has 9 nitrogen and oxygen atoms in total. The molecule has 1 aliphatic heterocycles. The normalized spacial score (nSPS) is 16.5. The Morgan fingerprint density at radius 3 is 2.32 bits per heavy atom. The number of aliphatic carboxylic acids is 1. The Morgan fingerprint density at radius 1 is 1.06 bits per heavy atom. The zero-order valence-corrected chi connectivity index (χ0v) is 20.6. The van der Waals surface area contributed by atoms with E-state index < -0.39 is 11.9 Å². The second-order valence-corrected chi connectivity index (χ2v) is 9.63. The van der Waals surface area contributed by atoms with E-state index >= 15 is 0 Å². The number of hydrogen-bond acceptors (Lipinski definition) is 7. The van der Waals surface area contributed by atoms with Gasteiger partial charge in [0.2, 0.25) is 0 Å². The lowest BCUT2D eigenvalue weighted by atomic mass is 9.91. The molecule has 0 unspecified atom stereocenters. The molecule has 184 valence electrons. The Labute approximate surface area is 203 Å². The van der Waals surface area contributed by atoms with Crippen LogP contribution in [0.15, 0.2) is 0 Å². The Balaban J connectivity index is 1.97. The predicted octanol–water partition coefficient (Wildman–Crippen LogP) is 3.30. The number of hydrogen-bond donors (Lipinski definition) is 2. The minimum atomic E-state index is -1.58. The van der Waals surface area contributed by atoms with E-state index in [2.05, 4.69) is 10.2 Å². The number of amides is 2. The number of anilines is 2. The molecular formula is C24H32N4O5S. The molecule has 4 rings (SSSR count). The van der Waals surface area contributed by atoms with Gasteiger partial charge in [0.25, 0.3) is 5.91 Å². The summed E-state index contributed by atoms with van der Waals surface area (Å²) in [7, 11) is 0. The van der Waals surface area contributed by atoms with Crippen LogP contribution >= 0.6 is 11.3 Å². The lowest BCUT2D eigenvalue weighted by molar-refractivity contribution is -0.147. The summed E-state index contributed by atoms with van der Waals surface area (Å²) in [5.41, 5.74) is 2.53. The van der Waals surface area contributed by atoms with Crippen molar-refractivity contribution >= 4 is 50.8 Å². The van der Waals surface area contributed by atoms with Crippen molar-refractivity contribution in [1.82, 2.24) is 9.88 Å². The number of morpholine rings is 1. The number of carbonyl (C=O) groups excluding carboxylic acids is 2. The number of carboxylic acids is 1. The molecule has 0 bridgehead atoms. The average Bonchev–Trinajstić information content (AvgIpc) is 3.17. The number of ether oxygens (including phenoxy) is 1. The fourth-order valence-electron chi connectivity index (χ4n) is 4.85. The van der Waals surface area contributed by atoms with E-state index in [9.17, 15) is 19.5 Å². The first-order valence-electron chi connectivity index (χ1n) is 12.1. The molecular weight excluding hydrogens is 456 g/mol. The number of pyridine rings is 1. The molecule has 0 saturated carbocycles. The largest absolute Gasteiger partial charge is 0.474 e. The lowest BCUT2D eigenvalue weighted by Crippen LogP contribution is -2.37. The summed E-state index contributed by atoms with van der Waals surface area (Å²) in [6.07, 6.45) is 5.98. The van der Waals surface area contributed by atoms with Crippen LogP contribution in [0.25, 0.3) is 10.2 Å². The van der Waals surface area contributed by atoms with Crippen molar-refractivity contribution < 1.29 is 24.2 Å². The zero-order valence-electron chi connectivity index (χ0n) is 19.8. The summed E-state index contributed by atoms with van der Waals surface area (Å²) in [4.78, 5) is 47.0. The second kappa shape index (κ2) is 10.7. The van der Waals surface area contributed by atoms with Crippen LogP contribution in [0.3, 0.4) is 0 Å². The van der Waals surface area contributed by atoms with Crippen LogP contribution in [0.2, 0.25) is 0 Å². The first-order chi connectivity index (χ1) is 16.5. The van der Waals surface area contributed by atoms with Gasteiger partial charge >= 0.3 is 11.9 Å². The number of thiophene rings is 1. The van der Waals surface area contributed by atoms with Crippen molar-refractivity contribution in [3.8, 4) is 0 Å². The smallest absolute Gasteiger partial charge is 0.394 e. The van der Waals surface area contributed by atoms with Crippen molar-refractivity contribution in [3.05, 3.63) is 16.0 Å². The van der Waals surface area contributed by atoms with Gasteiger partial charge in [-0.2, -0.15) is 0 Å². The van der Waals surface area contributed by atoms with E-state index in [0.29, 0.717) is 41.7 Å². The van der Waals surface area contributed by atoms with Crippen molar-refractivity contribution in [2.24, 2.45) is 0 Å². The molecule has 0 aromatic carbocycles. The van der Waals surface area contributed by atoms with Gasteiger partial charge in [0.15, 0.2) is 0 Å². The van der Waals surface area contributed by atoms with E-state index in [1.165, 1.54) is 11.3 Å². The minimum Gasteiger partial charge on any atom is -0.474 e. The molecule has 0 atom stereocenters. The average molecular weight is 489 g/mol. The molecule has 2 aromatic rings. The first kappa shape index (κ1) is 24.4. The molecule has 1 fully saturated rings. The maximum atomic E-state index is 13.4. The highest BCUT2D eigenvalue weighted by molar-refractivity contribution is 7.21. The zero-order chi connectivity index (χ0) is 24.2. The number of nitrogens with one attached hydrogen (secondary N) is 1. The highest BCUT2D eigenvalue weighted by atomic mass is 32.1. The van der Waals surface area contributed by atoms with E-state index in [0.717, 1.165) is 73.9 Å². The number of aromatic nitrogens is 1. The molecule has 2 aromatic heterocycles.